The lowest BCUT2D eigenvalue weighted by Crippen LogP contribution is -2.48. The van der Waals surface area contributed by atoms with Gasteiger partial charge in [-0.2, -0.15) is 0 Å². The molecule has 2 fully saturated rings. The third kappa shape index (κ3) is 9.41. The molecule has 0 unspecified atom stereocenters. The van der Waals surface area contributed by atoms with Gasteiger partial charge in [0.25, 0.3) is 11.5 Å². The van der Waals surface area contributed by atoms with Gasteiger partial charge in [0.1, 0.15) is 41.9 Å². The van der Waals surface area contributed by atoms with E-state index in [2.05, 4.69) is 15.2 Å². The van der Waals surface area contributed by atoms with E-state index in [1.54, 1.807) is 33.1 Å². The minimum Gasteiger partial charge on any atom is -0.494 e. The van der Waals surface area contributed by atoms with Crippen molar-refractivity contribution in [2.75, 3.05) is 71.0 Å². The summed E-state index contributed by atoms with van der Waals surface area (Å²) in [7, 11) is 0. The van der Waals surface area contributed by atoms with Crippen LogP contribution < -0.4 is 20.3 Å². The number of carbonyl (C=O) groups excluding carboxylic acids is 2. The first-order valence-corrected chi connectivity index (χ1v) is 18.1. The number of amides is 2. The molecule has 6 rings (SSSR count). The molecular formula is C40H43F2N5O8. The predicted octanol–water partition coefficient (Wildman–Crippen LogP) is 5.22. The molecule has 55 heavy (non-hydrogen) atoms. The van der Waals surface area contributed by atoms with E-state index in [1.165, 1.54) is 53.2 Å². The molecule has 0 radical (unpaired) electrons. The van der Waals surface area contributed by atoms with Crippen LogP contribution in [-0.4, -0.2) is 98.1 Å². The maximum absolute atomic E-state index is 15.6. The second-order valence-corrected chi connectivity index (χ2v) is 12.8. The summed E-state index contributed by atoms with van der Waals surface area (Å²) in [5, 5.41) is 2.58. The molecule has 13 nitrogen and oxygen atoms in total. The monoisotopic (exact) mass is 759 g/mol. The normalized spacial score (nSPS) is 18.1. The number of hydrogen-bond acceptors (Lipinski definition) is 10. The molecule has 15 heteroatoms. The smallest absolute Gasteiger partial charge is 0.271 e. The molecule has 290 valence electrons. The van der Waals surface area contributed by atoms with Crippen molar-refractivity contribution in [3.05, 3.63) is 117 Å². The highest BCUT2D eigenvalue weighted by molar-refractivity contribution is 6.06. The molecule has 1 aromatic heterocycles. The maximum atomic E-state index is 15.6. The highest BCUT2D eigenvalue weighted by Crippen LogP contribution is 2.33. The summed E-state index contributed by atoms with van der Waals surface area (Å²) in [5.74, 6) is -0.474. The first kappa shape index (κ1) is 38.8. The van der Waals surface area contributed by atoms with Crippen LogP contribution >= 0.6 is 0 Å². The van der Waals surface area contributed by atoms with Crippen LogP contribution in [0.1, 0.15) is 37.6 Å². The summed E-state index contributed by atoms with van der Waals surface area (Å²) >= 11 is 0. The number of aromatic nitrogens is 1. The number of ether oxygens (including phenoxy) is 5. The molecule has 0 saturated carbocycles. The predicted molar refractivity (Wildman–Crippen MR) is 200 cm³/mol. The number of piperazine rings is 1. The van der Waals surface area contributed by atoms with Crippen molar-refractivity contribution in [1.82, 2.24) is 14.4 Å². The zero-order chi connectivity index (χ0) is 38.9. The van der Waals surface area contributed by atoms with Crippen LogP contribution in [0.15, 0.2) is 99.2 Å². The Kier molecular flexibility index (Phi) is 12.6. The van der Waals surface area contributed by atoms with E-state index >= 15 is 4.39 Å². The lowest BCUT2D eigenvalue weighted by molar-refractivity contribution is -0.130. The maximum Gasteiger partial charge on any atom is 0.271 e. The zero-order valence-corrected chi connectivity index (χ0v) is 30.9. The van der Waals surface area contributed by atoms with Crippen molar-refractivity contribution in [2.24, 2.45) is 4.99 Å². The summed E-state index contributed by atoms with van der Waals surface area (Å²) in [4.78, 5) is 47.1. The van der Waals surface area contributed by atoms with E-state index in [1.807, 2.05) is 4.90 Å². The Morgan fingerprint density at radius 2 is 1.73 bits per heavy atom. The molecule has 3 aromatic rings. The summed E-state index contributed by atoms with van der Waals surface area (Å²) in [6.07, 6.45) is 5.35. The summed E-state index contributed by atoms with van der Waals surface area (Å²) in [6.45, 7) is 10.4. The number of nitrogens with one attached hydrogen (secondary N) is 1. The molecule has 3 aliphatic rings. The topological polar surface area (TPSA) is 133 Å². The van der Waals surface area contributed by atoms with Gasteiger partial charge in [-0.05, 0) is 68.8 Å². The van der Waals surface area contributed by atoms with Crippen molar-refractivity contribution >= 4 is 23.7 Å². The number of allylic oxidation sites excluding steroid dienone is 2. The molecule has 0 atom stereocenters. The minimum atomic E-state index is -0.824. The van der Waals surface area contributed by atoms with E-state index in [9.17, 15) is 18.8 Å². The molecule has 0 aliphatic carbocycles. The first-order chi connectivity index (χ1) is 26.6. The molecular weight excluding hydrogens is 716 g/mol. The van der Waals surface area contributed by atoms with Crippen LogP contribution in [0.2, 0.25) is 0 Å². The Balaban J connectivity index is 1.14. The van der Waals surface area contributed by atoms with Gasteiger partial charge in [-0.15, -0.1) is 0 Å². The van der Waals surface area contributed by atoms with E-state index in [4.69, 9.17) is 23.7 Å². The quantitative estimate of drug-likeness (QED) is 0.195. The van der Waals surface area contributed by atoms with Crippen molar-refractivity contribution in [1.29, 1.82) is 0 Å². The van der Waals surface area contributed by atoms with E-state index in [-0.39, 0.29) is 54.2 Å². The van der Waals surface area contributed by atoms with Crippen molar-refractivity contribution in [3.63, 3.8) is 0 Å². The number of nitrogens with zero attached hydrogens (tertiary/aromatic N) is 4. The number of carbonyl (C=O) groups is 2. The average Bonchev–Trinajstić information content (AvgIpc) is 3.18. The number of aliphatic imine (C=N–C) groups is 1. The fourth-order valence-electron chi connectivity index (χ4n) is 6.27. The molecule has 2 amide bonds. The SMILES string of the molecule is CCOc1ccn(-c2ccc(F)cc2)c(=O)c1C(=O)Nc1ccc(OC2=CC=NC/C2=C2/OCCO/C2=C(/C)OCCCN2CCN(C(C)=O)CC2)c(F)c1. The van der Waals surface area contributed by atoms with Crippen molar-refractivity contribution in [3.8, 4) is 17.2 Å². The Morgan fingerprint density at radius 3 is 2.45 bits per heavy atom. The molecule has 2 saturated heterocycles. The van der Waals surface area contributed by atoms with Gasteiger partial charge < -0.3 is 33.9 Å². The number of dihydropyridines is 1. The van der Waals surface area contributed by atoms with Crippen LogP contribution in [0.25, 0.3) is 5.69 Å². The van der Waals surface area contributed by atoms with Gasteiger partial charge >= 0.3 is 0 Å². The molecule has 1 N–H and O–H groups in total. The van der Waals surface area contributed by atoms with Crippen LogP contribution in [0, 0.1) is 11.6 Å². The Morgan fingerprint density at radius 1 is 0.964 bits per heavy atom. The highest BCUT2D eigenvalue weighted by Gasteiger charge is 2.28. The average molecular weight is 760 g/mol. The van der Waals surface area contributed by atoms with Crippen molar-refractivity contribution < 1.29 is 42.1 Å². The van der Waals surface area contributed by atoms with E-state index in [0.29, 0.717) is 41.8 Å². The Labute approximate surface area is 317 Å². The van der Waals surface area contributed by atoms with Gasteiger partial charge in [0.05, 0.1) is 25.3 Å². The van der Waals surface area contributed by atoms with E-state index < -0.39 is 23.1 Å². The fraction of sp³-hybridized carbons (Fsp3) is 0.350. The van der Waals surface area contributed by atoms with Gasteiger partial charge in [0, 0.05) is 69.5 Å². The number of pyridine rings is 1. The summed E-state index contributed by atoms with van der Waals surface area (Å²) in [6, 6.07) is 10.6. The lowest BCUT2D eigenvalue weighted by atomic mass is 10.1. The van der Waals surface area contributed by atoms with Gasteiger partial charge in [-0.1, -0.05) is 0 Å². The second kappa shape index (κ2) is 17.9. The molecule has 0 bridgehead atoms. The van der Waals surface area contributed by atoms with Gasteiger partial charge in [0.2, 0.25) is 5.91 Å². The largest absolute Gasteiger partial charge is 0.494 e. The summed E-state index contributed by atoms with van der Waals surface area (Å²) in [5.41, 5.74) is -0.0710. The minimum absolute atomic E-state index is 0.0407. The Hall–Kier alpha value is -5.96. The van der Waals surface area contributed by atoms with E-state index in [0.717, 1.165) is 45.2 Å². The van der Waals surface area contributed by atoms with Crippen LogP contribution in [0.4, 0.5) is 14.5 Å². The lowest BCUT2D eigenvalue weighted by Gasteiger charge is -2.34. The molecule has 4 heterocycles. The fourth-order valence-corrected chi connectivity index (χ4v) is 6.27. The number of rotatable bonds is 12. The Bertz CT molecular complexity index is 2090. The van der Waals surface area contributed by atoms with Crippen LogP contribution in [0.5, 0.6) is 11.5 Å². The van der Waals surface area contributed by atoms with Crippen LogP contribution in [0.3, 0.4) is 0 Å². The van der Waals surface area contributed by atoms with Gasteiger partial charge in [-0.3, -0.25) is 28.8 Å². The van der Waals surface area contributed by atoms with Gasteiger partial charge in [-0.25, -0.2) is 8.78 Å². The van der Waals surface area contributed by atoms with Crippen LogP contribution in [-0.2, 0) is 19.0 Å². The number of benzene rings is 2. The van der Waals surface area contributed by atoms with Gasteiger partial charge in [0.15, 0.2) is 23.1 Å². The standard InChI is InChI=1S/C40H43F2N5O8/c1-4-51-35-13-16-47(30-9-6-28(41)7-10-30)40(50)36(35)39(49)44-29-8-11-34(32(42)24-29)55-33-12-14-43-25-31(33)38-37(53-22-23-54-38)26(2)52-21-5-15-45-17-19-46(20-18-45)27(3)48/h6-14,16,24H,4-5,15,17-23,25H2,1-3H3,(H,44,49)/b37-26-,38-31-. The zero-order valence-electron chi connectivity index (χ0n) is 30.9. The third-order valence-electron chi connectivity index (χ3n) is 9.10. The number of hydrogen-bond donors (Lipinski definition) is 1. The third-order valence-corrected chi connectivity index (χ3v) is 9.10. The molecule has 0 spiro atoms. The highest BCUT2D eigenvalue weighted by atomic mass is 19.1. The number of halogens is 2. The number of anilines is 1. The molecule has 3 aliphatic heterocycles. The second-order valence-electron chi connectivity index (χ2n) is 12.8. The summed E-state index contributed by atoms with van der Waals surface area (Å²) < 4.78 is 60.1. The first-order valence-electron chi connectivity index (χ1n) is 18.1. The van der Waals surface area contributed by atoms with Crippen molar-refractivity contribution in [2.45, 2.75) is 27.2 Å². The molecule has 2 aromatic carbocycles.